The fourth-order valence-corrected chi connectivity index (χ4v) is 1.41. The van der Waals surface area contributed by atoms with Crippen molar-refractivity contribution in [2.75, 3.05) is 26.2 Å². The van der Waals surface area contributed by atoms with Crippen LogP contribution >= 0.6 is 0 Å². The van der Waals surface area contributed by atoms with Crippen molar-refractivity contribution in [3.05, 3.63) is 0 Å². The smallest absolute Gasteiger partial charge is 0.354 e. The van der Waals surface area contributed by atoms with Crippen LogP contribution in [0.5, 0.6) is 0 Å². The third kappa shape index (κ3) is 2.58. The highest BCUT2D eigenvalue weighted by molar-refractivity contribution is 5.78. The van der Waals surface area contributed by atoms with Gasteiger partial charge in [-0.15, -0.1) is 0 Å². The molecule has 4 nitrogen and oxygen atoms in total. The van der Waals surface area contributed by atoms with E-state index in [1.165, 1.54) is 0 Å². The number of nitrogens with zero attached hydrogens (tertiary/aromatic N) is 1. The van der Waals surface area contributed by atoms with Crippen molar-refractivity contribution in [2.45, 2.75) is 12.2 Å². The van der Waals surface area contributed by atoms with E-state index in [2.05, 4.69) is 5.32 Å². The highest BCUT2D eigenvalue weighted by Gasteiger charge is 2.43. The van der Waals surface area contributed by atoms with E-state index in [1.807, 2.05) is 0 Å². The molecule has 0 spiro atoms. The van der Waals surface area contributed by atoms with Crippen LogP contribution in [0.1, 0.15) is 0 Å². The Morgan fingerprint density at radius 3 is 2.64 bits per heavy atom. The summed E-state index contributed by atoms with van der Waals surface area (Å²) in [4.78, 5) is 11.9. The van der Waals surface area contributed by atoms with E-state index in [0.717, 1.165) is 4.90 Å². The highest BCUT2D eigenvalue weighted by Crippen LogP contribution is 2.24. The molecule has 0 aromatic heterocycles. The van der Waals surface area contributed by atoms with Gasteiger partial charge in [0, 0.05) is 19.6 Å². The quantitative estimate of drug-likeness (QED) is 0.635. The van der Waals surface area contributed by atoms with Crippen LogP contribution in [0.25, 0.3) is 0 Å². The van der Waals surface area contributed by atoms with Gasteiger partial charge in [0.15, 0.2) is 0 Å². The molecule has 1 fully saturated rings. The maximum absolute atomic E-state index is 12.4. The molecule has 0 saturated carbocycles. The van der Waals surface area contributed by atoms with Gasteiger partial charge in [-0.1, -0.05) is 0 Å². The molecule has 0 bridgehead atoms. The van der Waals surface area contributed by atoms with E-state index in [0.29, 0.717) is 0 Å². The second-order valence-corrected chi connectivity index (χ2v) is 3.11. The predicted octanol–water partition coefficient (Wildman–Crippen LogP) is -0.692. The average molecular weight is 211 g/mol. The molecule has 1 rings (SSSR count). The number of piperazine rings is 1. The van der Waals surface area contributed by atoms with E-state index in [-0.39, 0.29) is 25.5 Å². The Kier molecular flexibility index (Phi) is 3.33. The Bertz CT molecular complexity index is 219. The second kappa shape index (κ2) is 4.14. The van der Waals surface area contributed by atoms with Gasteiger partial charge >= 0.3 is 6.18 Å². The Labute approximate surface area is 79.2 Å². The van der Waals surface area contributed by atoms with Crippen LogP contribution in [-0.4, -0.2) is 49.2 Å². The number of hydrogen-bond acceptors (Lipinski definition) is 3. The lowest BCUT2D eigenvalue weighted by molar-refractivity contribution is -0.183. The van der Waals surface area contributed by atoms with Crippen LogP contribution in [0, 0.1) is 0 Å². The zero-order chi connectivity index (χ0) is 10.8. The van der Waals surface area contributed by atoms with E-state index in [9.17, 15) is 18.0 Å². The lowest BCUT2D eigenvalue weighted by Crippen LogP contribution is -2.58. The summed E-state index contributed by atoms with van der Waals surface area (Å²) >= 11 is 0. The monoisotopic (exact) mass is 211 g/mol. The summed E-state index contributed by atoms with van der Waals surface area (Å²) in [5.74, 6) is -0.390. The summed E-state index contributed by atoms with van der Waals surface area (Å²) < 4.78 is 37.1. The molecule has 1 aliphatic rings. The molecule has 0 aliphatic carbocycles. The maximum atomic E-state index is 12.4. The third-order valence-corrected chi connectivity index (χ3v) is 2.11. The SMILES string of the molecule is NCC(N1CCNC(=O)C1)C(F)(F)F. The number of halogens is 3. The summed E-state index contributed by atoms with van der Waals surface area (Å²) in [6.07, 6.45) is -4.37. The van der Waals surface area contributed by atoms with Gasteiger partial charge in [-0.25, -0.2) is 0 Å². The molecule has 0 aromatic carbocycles. The number of carbonyl (C=O) groups excluding carboxylic acids is 1. The minimum absolute atomic E-state index is 0.188. The summed E-state index contributed by atoms with van der Waals surface area (Å²) in [7, 11) is 0. The number of alkyl halides is 3. The standard InChI is InChI=1S/C7H12F3N3O/c8-7(9,10)5(3-11)13-2-1-12-6(14)4-13/h5H,1-4,11H2,(H,12,14). The van der Waals surface area contributed by atoms with E-state index in [1.54, 1.807) is 0 Å². The van der Waals surface area contributed by atoms with Crippen molar-refractivity contribution >= 4 is 5.91 Å². The van der Waals surface area contributed by atoms with Crippen LogP contribution in [0.2, 0.25) is 0 Å². The molecule has 1 atom stereocenters. The number of amides is 1. The Hall–Kier alpha value is -0.820. The summed E-state index contributed by atoms with van der Waals surface area (Å²) in [6, 6.07) is -1.71. The molecule has 0 radical (unpaired) electrons. The summed E-state index contributed by atoms with van der Waals surface area (Å²) in [5, 5.41) is 2.45. The molecule has 1 amide bonds. The van der Waals surface area contributed by atoms with Crippen molar-refractivity contribution in [1.29, 1.82) is 0 Å². The van der Waals surface area contributed by atoms with Crippen molar-refractivity contribution in [1.82, 2.24) is 10.2 Å². The van der Waals surface area contributed by atoms with Gasteiger partial charge in [0.2, 0.25) is 5.91 Å². The highest BCUT2D eigenvalue weighted by atomic mass is 19.4. The van der Waals surface area contributed by atoms with Crippen molar-refractivity contribution in [3.63, 3.8) is 0 Å². The van der Waals surface area contributed by atoms with E-state index < -0.39 is 18.8 Å². The zero-order valence-electron chi connectivity index (χ0n) is 7.47. The van der Waals surface area contributed by atoms with Crippen molar-refractivity contribution in [3.8, 4) is 0 Å². The fraction of sp³-hybridized carbons (Fsp3) is 0.857. The number of rotatable bonds is 2. The maximum Gasteiger partial charge on any atom is 0.405 e. The van der Waals surface area contributed by atoms with Crippen LogP contribution in [0.4, 0.5) is 13.2 Å². The summed E-state index contributed by atoms with van der Waals surface area (Å²) in [5.41, 5.74) is 5.04. The molecule has 1 heterocycles. The topological polar surface area (TPSA) is 58.4 Å². The molecule has 1 aliphatic heterocycles. The average Bonchev–Trinajstić information content (AvgIpc) is 2.02. The fourth-order valence-electron chi connectivity index (χ4n) is 1.41. The lowest BCUT2D eigenvalue weighted by Gasteiger charge is -2.34. The van der Waals surface area contributed by atoms with Gasteiger partial charge in [0.1, 0.15) is 6.04 Å². The first kappa shape index (κ1) is 11.3. The summed E-state index contributed by atoms with van der Waals surface area (Å²) in [6.45, 7) is -0.323. The molecular formula is C7H12F3N3O. The predicted molar refractivity (Wildman–Crippen MR) is 43.5 cm³/mol. The number of nitrogens with two attached hydrogens (primary N) is 1. The normalized spacial score (nSPS) is 21.9. The van der Waals surface area contributed by atoms with Crippen LogP contribution in [0.15, 0.2) is 0 Å². The molecule has 1 saturated heterocycles. The van der Waals surface area contributed by atoms with Gasteiger partial charge < -0.3 is 11.1 Å². The molecule has 82 valence electrons. The Balaban J connectivity index is 2.64. The zero-order valence-corrected chi connectivity index (χ0v) is 7.47. The molecule has 14 heavy (non-hydrogen) atoms. The lowest BCUT2D eigenvalue weighted by atomic mass is 10.2. The second-order valence-electron chi connectivity index (χ2n) is 3.11. The Morgan fingerprint density at radius 2 is 2.21 bits per heavy atom. The first-order valence-corrected chi connectivity index (χ1v) is 4.22. The van der Waals surface area contributed by atoms with E-state index in [4.69, 9.17) is 5.73 Å². The van der Waals surface area contributed by atoms with Crippen molar-refractivity contribution in [2.24, 2.45) is 5.73 Å². The van der Waals surface area contributed by atoms with Crippen LogP contribution < -0.4 is 11.1 Å². The number of carbonyl (C=O) groups is 1. The van der Waals surface area contributed by atoms with Crippen molar-refractivity contribution < 1.29 is 18.0 Å². The first-order chi connectivity index (χ1) is 6.45. The number of hydrogen-bond donors (Lipinski definition) is 2. The van der Waals surface area contributed by atoms with E-state index >= 15 is 0 Å². The molecule has 3 N–H and O–H groups in total. The van der Waals surface area contributed by atoms with Gasteiger partial charge in [-0.05, 0) is 0 Å². The van der Waals surface area contributed by atoms with Gasteiger partial charge in [0.25, 0.3) is 0 Å². The van der Waals surface area contributed by atoms with Gasteiger partial charge in [0.05, 0.1) is 6.54 Å². The molecular weight excluding hydrogens is 199 g/mol. The molecule has 0 aromatic rings. The molecule has 7 heteroatoms. The Morgan fingerprint density at radius 1 is 1.57 bits per heavy atom. The largest absolute Gasteiger partial charge is 0.405 e. The minimum Gasteiger partial charge on any atom is -0.354 e. The third-order valence-electron chi connectivity index (χ3n) is 2.11. The minimum atomic E-state index is -4.37. The number of nitrogens with one attached hydrogen (secondary N) is 1. The van der Waals surface area contributed by atoms with Gasteiger partial charge in [-0.3, -0.25) is 9.69 Å². The first-order valence-electron chi connectivity index (χ1n) is 4.22. The van der Waals surface area contributed by atoms with Gasteiger partial charge in [-0.2, -0.15) is 13.2 Å². The van der Waals surface area contributed by atoms with Crippen LogP contribution in [0.3, 0.4) is 0 Å². The molecule has 1 unspecified atom stereocenters. The van der Waals surface area contributed by atoms with Crippen LogP contribution in [-0.2, 0) is 4.79 Å².